The van der Waals surface area contributed by atoms with E-state index in [1.54, 1.807) is 18.2 Å². The van der Waals surface area contributed by atoms with E-state index in [0.29, 0.717) is 5.56 Å². The van der Waals surface area contributed by atoms with Crippen molar-refractivity contribution in [2.45, 2.75) is 24.7 Å². The van der Waals surface area contributed by atoms with E-state index < -0.39 is 61.1 Å². The Morgan fingerprint density at radius 1 is 1.06 bits per heavy atom. The maximum atomic E-state index is 13.5. The number of aromatic hydroxyl groups is 1. The summed E-state index contributed by atoms with van der Waals surface area (Å²) in [6.07, 6.45) is -0.460. The van der Waals surface area contributed by atoms with Crippen LogP contribution in [0.5, 0.6) is 5.75 Å². The number of hydrogen-bond donors (Lipinski definition) is 5. The average molecular weight is 453 g/mol. The van der Waals surface area contributed by atoms with E-state index in [1.807, 2.05) is 0 Å². The van der Waals surface area contributed by atoms with Gasteiger partial charge in [0.05, 0.1) is 30.2 Å². The van der Waals surface area contributed by atoms with Crippen LogP contribution < -0.4 is 10.4 Å². The highest BCUT2D eigenvalue weighted by Gasteiger charge is 2.66. The quantitative estimate of drug-likeness (QED) is 0.312. The van der Waals surface area contributed by atoms with Gasteiger partial charge in [-0.05, 0) is 36.5 Å². The minimum atomic E-state index is -1.84. The molecule has 2 saturated heterocycles. The van der Waals surface area contributed by atoms with Crippen LogP contribution in [-0.2, 0) is 14.3 Å². The summed E-state index contributed by atoms with van der Waals surface area (Å²) in [5.74, 6) is -5.99. The number of fused-ring (bicyclic) bond motifs is 3. The molecule has 1 saturated carbocycles. The van der Waals surface area contributed by atoms with Crippen LogP contribution in [0.4, 0.5) is 5.69 Å². The molecule has 10 heteroatoms. The molecule has 1 aliphatic carbocycles. The molecule has 9 nitrogen and oxygen atoms in total. The third kappa shape index (κ3) is 3.29. The number of aliphatic hydroxyl groups excluding tert-OH is 1. The summed E-state index contributed by atoms with van der Waals surface area (Å²) in [6, 6.07) is 12.5. The van der Waals surface area contributed by atoms with Crippen LogP contribution in [0, 0.1) is 23.7 Å². The van der Waals surface area contributed by atoms with Gasteiger partial charge in [-0.1, -0.05) is 30.3 Å². The number of phenols is 1. The number of para-hydroxylation sites is 1. The van der Waals surface area contributed by atoms with E-state index in [0.717, 1.165) is 4.90 Å². The molecule has 0 spiro atoms. The molecular formula is C23H24BNO8. The third-order valence-electron chi connectivity index (χ3n) is 7.29. The minimum absolute atomic E-state index is 0.00308. The van der Waals surface area contributed by atoms with Crippen molar-refractivity contribution in [2.24, 2.45) is 23.7 Å². The second-order valence-electron chi connectivity index (χ2n) is 8.99. The molecule has 0 aromatic heterocycles. The first-order valence-electron chi connectivity index (χ1n) is 10.9. The van der Waals surface area contributed by atoms with Gasteiger partial charge in [0.25, 0.3) is 0 Å². The molecule has 0 radical (unpaired) electrons. The number of carbonyl (C=O) groups excluding carboxylic acids is 2. The summed E-state index contributed by atoms with van der Waals surface area (Å²) in [7, 11) is -1.76. The van der Waals surface area contributed by atoms with Crippen LogP contribution in [0.1, 0.15) is 24.5 Å². The number of nitrogens with zero attached hydrogens (tertiary/aromatic N) is 1. The van der Waals surface area contributed by atoms with Gasteiger partial charge in [0.15, 0.2) is 5.79 Å². The lowest BCUT2D eigenvalue weighted by Crippen LogP contribution is -2.54. The van der Waals surface area contributed by atoms with E-state index in [-0.39, 0.29) is 29.7 Å². The van der Waals surface area contributed by atoms with Crippen molar-refractivity contribution in [1.82, 2.24) is 0 Å². The molecule has 6 atom stereocenters. The van der Waals surface area contributed by atoms with Crippen molar-refractivity contribution in [3.05, 3.63) is 54.1 Å². The lowest BCUT2D eigenvalue weighted by atomic mass is 9.64. The Bertz CT molecular complexity index is 1110. The fourth-order valence-corrected chi connectivity index (χ4v) is 5.72. The molecule has 3 aliphatic rings. The van der Waals surface area contributed by atoms with Crippen LogP contribution >= 0.6 is 0 Å². The van der Waals surface area contributed by atoms with Crippen molar-refractivity contribution in [2.75, 3.05) is 11.5 Å². The summed E-state index contributed by atoms with van der Waals surface area (Å²) < 4.78 is 5.99. The maximum Gasteiger partial charge on any atom is 0.488 e. The van der Waals surface area contributed by atoms with Crippen LogP contribution in [0.25, 0.3) is 0 Å². The van der Waals surface area contributed by atoms with Gasteiger partial charge in [-0.25, -0.2) is 0 Å². The number of phenolic OH excluding ortho intramolecular Hbond substituents is 1. The predicted molar refractivity (Wildman–Crippen MR) is 116 cm³/mol. The molecule has 2 aromatic carbocycles. The lowest BCUT2D eigenvalue weighted by Gasteiger charge is -2.44. The first kappa shape index (κ1) is 22.1. The Morgan fingerprint density at radius 3 is 2.52 bits per heavy atom. The molecule has 2 heterocycles. The van der Waals surface area contributed by atoms with Crippen LogP contribution in [0.2, 0.25) is 0 Å². The normalized spacial score (nSPS) is 33.2. The fourth-order valence-electron chi connectivity index (χ4n) is 5.72. The molecule has 3 fully saturated rings. The van der Waals surface area contributed by atoms with Gasteiger partial charge in [0.1, 0.15) is 5.75 Å². The number of carbonyl (C=O) groups is 2. The average Bonchev–Trinajstić information content (AvgIpc) is 3.27. The van der Waals surface area contributed by atoms with Crippen molar-refractivity contribution in [3.63, 3.8) is 0 Å². The van der Waals surface area contributed by atoms with E-state index in [1.165, 1.54) is 30.3 Å². The maximum absolute atomic E-state index is 13.5. The molecule has 2 amide bonds. The van der Waals surface area contributed by atoms with Gasteiger partial charge in [-0.2, -0.15) is 0 Å². The van der Waals surface area contributed by atoms with Gasteiger partial charge in [-0.15, -0.1) is 0 Å². The second-order valence-corrected chi connectivity index (χ2v) is 8.99. The number of anilines is 1. The van der Waals surface area contributed by atoms with E-state index in [9.17, 15) is 35.0 Å². The minimum Gasteiger partial charge on any atom is -0.508 e. The first-order chi connectivity index (χ1) is 15.8. The standard InChI is InChI=1S/C23H24BNO8/c26-11-12-8-16-20(17-10-19(33-23(12,17)30)15-6-1-2-7-18(15)27)22(29)25(21(16)28)14-5-3-4-13(9-14)24(31)32/h1-7,9,12,16-17,19-20,26-27,30-32H,8,10-11H2/t12-,16+,17+,19+,20+,23-/m1/s1. The first-order valence-corrected chi connectivity index (χ1v) is 10.9. The highest BCUT2D eigenvalue weighted by Crippen LogP contribution is 2.58. The highest BCUT2D eigenvalue weighted by molar-refractivity contribution is 6.58. The topological polar surface area (TPSA) is 148 Å². The number of imide groups is 1. The summed E-state index contributed by atoms with van der Waals surface area (Å²) in [5, 5.41) is 50.8. The number of benzene rings is 2. The summed E-state index contributed by atoms with van der Waals surface area (Å²) in [5.41, 5.74) is 0.814. The largest absolute Gasteiger partial charge is 0.508 e. The smallest absolute Gasteiger partial charge is 0.488 e. The molecule has 5 N–H and O–H groups in total. The highest BCUT2D eigenvalue weighted by atomic mass is 16.6. The van der Waals surface area contributed by atoms with Crippen LogP contribution in [-0.4, -0.2) is 56.7 Å². The number of rotatable bonds is 4. The second kappa shape index (κ2) is 7.93. The molecule has 2 aromatic rings. The lowest BCUT2D eigenvalue weighted by molar-refractivity contribution is -0.274. The number of amides is 2. The van der Waals surface area contributed by atoms with Crippen molar-refractivity contribution >= 4 is 30.1 Å². The predicted octanol–water partition coefficient (Wildman–Crippen LogP) is -0.344. The Balaban J connectivity index is 1.53. The fraction of sp³-hybridized carbons (Fsp3) is 0.391. The van der Waals surface area contributed by atoms with Crippen molar-refractivity contribution in [1.29, 1.82) is 0 Å². The van der Waals surface area contributed by atoms with Crippen LogP contribution in [0.15, 0.2) is 48.5 Å². The van der Waals surface area contributed by atoms with E-state index in [4.69, 9.17) is 4.74 Å². The SMILES string of the molecule is O=C1[C@H]2[C@H](C[C@H](CO)[C@@]3(O)O[C@H](c4ccccc4O)C[C@@H]23)C(=O)N1c1cccc(B(O)O)c1. The van der Waals surface area contributed by atoms with Crippen molar-refractivity contribution in [3.8, 4) is 5.75 Å². The zero-order valence-electron chi connectivity index (χ0n) is 17.6. The van der Waals surface area contributed by atoms with E-state index >= 15 is 0 Å². The Morgan fingerprint density at radius 2 is 1.82 bits per heavy atom. The van der Waals surface area contributed by atoms with Gasteiger partial charge in [0, 0.05) is 17.4 Å². The molecular weight excluding hydrogens is 429 g/mol. The summed E-state index contributed by atoms with van der Waals surface area (Å²) in [4.78, 5) is 27.9. The van der Waals surface area contributed by atoms with Crippen LogP contribution in [0.3, 0.4) is 0 Å². The van der Waals surface area contributed by atoms with Gasteiger partial charge in [0.2, 0.25) is 11.8 Å². The zero-order valence-corrected chi connectivity index (χ0v) is 17.6. The Kier molecular flexibility index (Phi) is 5.30. The van der Waals surface area contributed by atoms with Gasteiger partial charge < -0.3 is 30.1 Å². The summed E-state index contributed by atoms with van der Waals surface area (Å²) in [6.45, 7) is -0.433. The molecule has 2 aliphatic heterocycles. The molecule has 33 heavy (non-hydrogen) atoms. The molecule has 0 bridgehead atoms. The number of aliphatic hydroxyl groups is 2. The molecule has 5 rings (SSSR count). The van der Waals surface area contributed by atoms with E-state index in [2.05, 4.69) is 0 Å². The third-order valence-corrected chi connectivity index (χ3v) is 7.29. The monoisotopic (exact) mass is 453 g/mol. The number of hydrogen-bond acceptors (Lipinski definition) is 8. The Labute approximate surface area is 190 Å². The summed E-state index contributed by atoms with van der Waals surface area (Å²) >= 11 is 0. The zero-order chi connectivity index (χ0) is 23.5. The molecule has 0 unspecified atom stereocenters. The van der Waals surface area contributed by atoms with Crippen molar-refractivity contribution < 1.29 is 39.7 Å². The number of ether oxygens (including phenoxy) is 1. The Hall–Kier alpha value is -2.76. The van der Waals surface area contributed by atoms with Gasteiger partial charge in [-0.3, -0.25) is 14.5 Å². The molecule has 172 valence electrons. The van der Waals surface area contributed by atoms with Gasteiger partial charge >= 0.3 is 7.12 Å².